The molecule has 1 aliphatic rings. The highest BCUT2D eigenvalue weighted by Gasteiger charge is 2.25. The molecule has 0 aliphatic carbocycles. The van der Waals surface area contributed by atoms with E-state index in [0.717, 1.165) is 22.7 Å². The Labute approximate surface area is 159 Å². The molecule has 0 bridgehead atoms. The van der Waals surface area contributed by atoms with Gasteiger partial charge in [-0.2, -0.15) is 0 Å². The van der Waals surface area contributed by atoms with E-state index in [1.807, 2.05) is 31.2 Å². The van der Waals surface area contributed by atoms with Gasteiger partial charge in [-0.25, -0.2) is 23.9 Å². The number of hydrogen-bond acceptors (Lipinski definition) is 6. The van der Waals surface area contributed by atoms with Crippen molar-refractivity contribution >= 4 is 28.7 Å². The zero-order chi connectivity index (χ0) is 19.7. The number of rotatable bonds is 4. The highest BCUT2D eigenvalue weighted by Crippen LogP contribution is 2.23. The van der Waals surface area contributed by atoms with Gasteiger partial charge in [-0.15, -0.1) is 0 Å². The van der Waals surface area contributed by atoms with Gasteiger partial charge in [0.05, 0.1) is 17.6 Å². The Morgan fingerprint density at radius 3 is 2.86 bits per heavy atom. The van der Waals surface area contributed by atoms with Gasteiger partial charge in [-0.05, 0) is 31.2 Å². The van der Waals surface area contributed by atoms with Crippen molar-refractivity contribution in [3.63, 3.8) is 0 Å². The summed E-state index contributed by atoms with van der Waals surface area (Å²) in [5.41, 5.74) is 1.60. The summed E-state index contributed by atoms with van der Waals surface area (Å²) >= 11 is 0. The van der Waals surface area contributed by atoms with Crippen LogP contribution in [0.2, 0.25) is 0 Å². The SMILES string of the molecule is Cc1nc(COC(=O)c2cc(N3CCOC3=O)ccc2F)nc2ccccc12. The number of ether oxygens (including phenoxy) is 2. The Bertz CT molecular complexity index is 1090. The van der Waals surface area contributed by atoms with Gasteiger partial charge in [0.25, 0.3) is 0 Å². The summed E-state index contributed by atoms with van der Waals surface area (Å²) in [6.07, 6.45) is -0.536. The summed E-state index contributed by atoms with van der Waals surface area (Å²) in [7, 11) is 0. The molecule has 1 aliphatic heterocycles. The van der Waals surface area contributed by atoms with Crippen LogP contribution in [0.3, 0.4) is 0 Å². The molecule has 28 heavy (non-hydrogen) atoms. The maximum absolute atomic E-state index is 14.1. The van der Waals surface area contributed by atoms with Crippen molar-refractivity contribution in [3.05, 3.63) is 65.4 Å². The molecule has 4 rings (SSSR count). The molecule has 0 unspecified atom stereocenters. The van der Waals surface area contributed by atoms with Crippen LogP contribution in [0.15, 0.2) is 42.5 Å². The lowest BCUT2D eigenvalue weighted by Crippen LogP contribution is -2.23. The second-order valence-corrected chi connectivity index (χ2v) is 6.25. The molecule has 142 valence electrons. The molecule has 8 heteroatoms. The normalized spacial score (nSPS) is 13.6. The number of nitrogens with zero attached hydrogens (tertiary/aromatic N) is 3. The first-order valence-electron chi connectivity index (χ1n) is 8.66. The van der Waals surface area contributed by atoms with E-state index in [9.17, 15) is 14.0 Å². The average Bonchev–Trinajstić information content (AvgIpc) is 3.12. The first-order valence-corrected chi connectivity index (χ1v) is 8.66. The van der Waals surface area contributed by atoms with Gasteiger partial charge in [0.1, 0.15) is 12.4 Å². The van der Waals surface area contributed by atoms with Gasteiger partial charge in [0.2, 0.25) is 0 Å². The second-order valence-electron chi connectivity index (χ2n) is 6.25. The number of halogens is 1. The zero-order valence-corrected chi connectivity index (χ0v) is 15.0. The fourth-order valence-electron chi connectivity index (χ4n) is 3.03. The van der Waals surface area contributed by atoms with E-state index in [-0.39, 0.29) is 18.8 Å². The smallest absolute Gasteiger partial charge is 0.414 e. The largest absolute Gasteiger partial charge is 0.454 e. The van der Waals surface area contributed by atoms with Crippen molar-refractivity contribution in [2.45, 2.75) is 13.5 Å². The van der Waals surface area contributed by atoms with E-state index < -0.39 is 17.9 Å². The lowest BCUT2D eigenvalue weighted by atomic mass is 10.1. The minimum Gasteiger partial charge on any atom is -0.454 e. The van der Waals surface area contributed by atoms with Gasteiger partial charge >= 0.3 is 12.1 Å². The van der Waals surface area contributed by atoms with Crippen molar-refractivity contribution in [3.8, 4) is 0 Å². The Hall–Kier alpha value is -3.55. The summed E-state index contributed by atoms with van der Waals surface area (Å²) in [6, 6.07) is 11.3. The Balaban J connectivity index is 1.53. The Morgan fingerprint density at radius 2 is 2.07 bits per heavy atom. The number of aromatic nitrogens is 2. The van der Waals surface area contributed by atoms with Gasteiger partial charge in [-0.1, -0.05) is 18.2 Å². The number of anilines is 1. The molecule has 3 aromatic rings. The minimum atomic E-state index is -0.860. The minimum absolute atomic E-state index is 0.195. The van der Waals surface area contributed by atoms with Crippen LogP contribution in [0.5, 0.6) is 0 Å². The van der Waals surface area contributed by atoms with Gasteiger partial charge < -0.3 is 9.47 Å². The molecule has 1 aromatic heterocycles. The second kappa shape index (κ2) is 7.22. The fraction of sp³-hybridized carbons (Fsp3) is 0.200. The molecule has 0 N–H and O–H groups in total. The highest BCUT2D eigenvalue weighted by molar-refractivity contribution is 5.94. The van der Waals surface area contributed by atoms with Crippen LogP contribution < -0.4 is 4.90 Å². The number of amides is 1. The first kappa shape index (κ1) is 17.8. The summed E-state index contributed by atoms with van der Waals surface area (Å²) < 4.78 is 24.2. The van der Waals surface area contributed by atoms with Crippen molar-refractivity contribution in [2.75, 3.05) is 18.1 Å². The molecule has 2 aromatic carbocycles. The number of esters is 1. The summed E-state index contributed by atoms with van der Waals surface area (Å²) in [5, 5.41) is 0.911. The van der Waals surface area contributed by atoms with Crippen LogP contribution in [-0.4, -0.2) is 35.2 Å². The Morgan fingerprint density at radius 1 is 1.25 bits per heavy atom. The van der Waals surface area contributed by atoms with Crippen LogP contribution in [0.25, 0.3) is 10.9 Å². The van der Waals surface area contributed by atoms with E-state index in [1.165, 1.54) is 17.0 Å². The highest BCUT2D eigenvalue weighted by atomic mass is 19.1. The van der Waals surface area contributed by atoms with Crippen molar-refractivity contribution in [1.82, 2.24) is 9.97 Å². The fourth-order valence-corrected chi connectivity index (χ4v) is 3.03. The molecule has 2 heterocycles. The molecular formula is C20H16FN3O4. The van der Waals surface area contributed by atoms with Crippen LogP contribution in [0.4, 0.5) is 14.9 Å². The molecular weight excluding hydrogens is 365 g/mol. The maximum atomic E-state index is 14.1. The average molecular weight is 381 g/mol. The number of aryl methyl sites for hydroxylation is 1. The number of cyclic esters (lactones) is 1. The maximum Gasteiger partial charge on any atom is 0.414 e. The van der Waals surface area contributed by atoms with Gasteiger partial charge in [-0.3, -0.25) is 4.90 Å². The standard InChI is InChI=1S/C20H16FN3O4/c1-12-14-4-2-3-5-17(14)23-18(22-12)11-28-19(25)15-10-13(6-7-16(15)21)24-8-9-27-20(24)26/h2-7,10H,8-9,11H2,1H3. The monoisotopic (exact) mass is 381 g/mol. The number of carbonyl (C=O) groups excluding carboxylic acids is 2. The third kappa shape index (κ3) is 3.36. The van der Waals surface area contributed by atoms with Crippen LogP contribution in [-0.2, 0) is 16.1 Å². The topological polar surface area (TPSA) is 81.6 Å². The van der Waals surface area contributed by atoms with E-state index in [1.54, 1.807) is 0 Å². The first-order chi connectivity index (χ1) is 13.5. The third-order valence-corrected chi connectivity index (χ3v) is 4.41. The van der Waals surface area contributed by atoms with E-state index >= 15 is 0 Å². The van der Waals surface area contributed by atoms with Crippen LogP contribution in [0, 0.1) is 12.7 Å². The van der Waals surface area contributed by atoms with E-state index in [2.05, 4.69) is 9.97 Å². The third-order valence-electron chi connectivity index (χ3n) is 4.41. The molecule has 1 fully saturated rings. The van der Waals surface area contributed by atoms with Crippen LogP contribution in [0.1, 0.15) is 21.9 Å². The van der Waals surface area contributed by atoms with Crippen molar-refractivity contribution < 1.29 is 23.5 Å². The number of benzene rings is 2. The predicted molar refractivity (Wildman–Crippen MR) is 98.5 cm³/mol. The lowest BCUT2D eigenvalue weighted by molar-refractivity contribution is 0.0457. The molecule has 0 radical (unpaired) electrons. The summed E-state index contributed by atoms with van der Waals surface area (Å²) in [5.74, 6) is -1.28. The quantitative estimate of drug-likeness (QED) is 0.645. The molecule has 1 saturated heterocycles. The van der Waals surface area contributed by atoms with Crippen molar-refractivity contribution in [2.24, 2.45) is 0 Å². The zero-order valence-electron chi connectivity index (χ0n) is 15.0. The molecule has 1 amide bonds. The molecule has 0 spiro atoms. The van der Waals surface area contributed by atoms with Gasteiger partial charge in [0, 0.05) is 16.8 Å². The summed E-state index contributed by atoms with van der Waals surface area (Å²) in [4.78, 5) is 34.1. The number of para-hydroxylation sites is 1. The Kier molecular flexibility index (Phi) is 4.60. The van der Waals surface area contributed by atoms with Gasteiger partial charge in [0.15, 0.2) is 12.4 Å². The number of hydrogen-bond donors (Lipinski definition) is 0. The number of fused-ring (bicyclic) bond motifs is 1. The van der Waals surface area contributed by atoms with Crippen molar-refractivity contribution in [1.29, 1.82) is 0 Å². The number of carbonyl (C=O) groups is 2. The van der Waals surface area contributed by atoms with E-state index in [4.69, 9.17) is 9.47 Å². The predicted octanol–water partition coefficient (Wildman–Crippen LogP) is 3.39. The summed E-state index contributed by atoms with van der Waals surface area (Å²) in [6.45, 7) is 2.23. The van der Waals surface area contributed by atoms with Crippen LogP contribution >= 0.6 is 0 Å². The lowest BCUT2D eigenvalue weighted by Gasteiger charge is -2.14. The van der Waals surface area contributed by atoms with E-state index in [0.29, 0.717) is 18.1 Å². The molecule has 7 nitrogen and oxygen atoms in total. The molecule has 0 atom stereocenters. The molecule has 0 saturated carbocycles.